The highest BCUT2D eigenvalue weighted by molar-refractivity contribution is 7.87. The maximum atomic E-state index is 10.9. The van der Waals surface area contributed by atoms with Crippen molar-refractivity contribution < 1.29 is 22.2 Å². The Hall–Kier alpha value is -1.05. The van der Waals surface area contributed by atoms with Crippen LogP contribution in [-0.4, -0.2) is 26.5 Å². The summed E-state index contributed by atoms with van der Waals surface area (Å²) in [5.74, 6) is 0.110. The zero-order chi connectivity index (χ0) is 11.3. The topological polar surface area (TPSA) is 72.8 Å². The molecule has 1 N–H and O–H groups in total. The standard InChI is InChI=1S/C8H11BO5S/c1-2-15(11,12)14-9(10)13-8-6-4-3-5-7-8/h3-7,10H,2H2,1H3. The van der Waals surface area contributed by atoms with Gasteiger partial charge in [0.1, 0.15) is 5.75 Å². The summed E-state index contributed by atoms with van der Waals surface area (Å²) in [6.07, 6.45) is 0. The van der Waals surface area contributed by atoms with Crippen molar-refractivity contribution in [2.45, 2.75) is 6.92 Å². The molecular weight excluding hydrogens is 219 g/mol. The molecule has 0 heterocycles. The van der Waals surface area contributed by atoms with Crippen LogP contribution in [0.5, 0.6) is 5.75 Å². The lowest BCUT2D eigenvalue weighted by Gasteiger charge is -2.08. The van der Waals surface area contributed by atoms with Crippen LogP contribution in [0.4, 0.5) is 0 Å². The largest absolute Gasteiger partial charge is 0.725 e. The van der Waals surface area contributed by atoms with Gasteiger partial charge in [-0.15, -0.1) is 0 Å². The van der Waals surface area contributed by atoms with Gasteiger partial charge in [-0.1, -0.05) is 18.2 Å². The lowest BCUT2D eigenvalue weighted by atomic mass is 10.2. The van der Waals surface area contributed by atoms with Gasteiger partial charge in [0.15, 0.2) is 0 Å². The molecule has 0 aliphatic rings. The summed E-state index contributed by atoms with van der Waals surface area (Å²) in [5.41, 5.74) is 0. The first-order valence-electron chi connectivity index (χ1n) is 4.34. The van der Waals surface area contributed by atoms with E-state index in [4.69, 9.17) is 9.68 Å². The Labute approximate surface area is 88.9 Å². The maximum Gasteiger partial charge on any atom is 0.725 e. The monoisotopic (exact) mass is 230 g/mol. The summed E-state index contributed by atoms with van der Waals surface area (Å²) >= 11 is 0. The lowest BCUT2D eigenvalue weighted by Crippen LogP contribution is -2.30. The third-order valence-electron chi connectivity index (χ3n) is 1.56. The van der Waals surface area contributed by atoms with Gasteiger partial charge in [-0.3, -0.25) is 4.10 Å². The molecular formula is C8H11BO5S. The Morgan fingerprint density at radius 2 is 1.93 bits per heavy atom. The van der Waals surface area contributed by atoms with Crippen molar-refractivity contribution >= 4 is 17.4 Å². The smallest absolute Gasteiger partial charge is 0.511 e. The highest BCUT2D eigenvalue weighted by Crippen LogP contribution is 2.10. The van der Waals surface area contributed by atoms with Crippen LogP contribution in [0, 0.1) is 0 Å². The van der Waals surface area contributed by atoms with Crippen molar-refractivity contribution in [3.8, 4) is 5.75 Å². The van der Waals surface area contributed by atoms with Gasteiger partial charge in [-0.25, -0.2) is 8.42 Å². The number of benzene rings is 1. The summed E-state index contributed by atoms with van der Waals surface area (Å²) in [6, 6.07) is 8.30. The molecule has 82 valence electrons. The van der Waals surface area contributed by atoms with Crippen LogP contribution in [0.3, 0.4) is 0 Å². The van der Waals surface area contributed by atoms with Crippen LogP contribution < -0.4 is 4.65 Å². The number of hydrogen-bond acceptors (Lipinski definition) is 5. The van der Waals surface area contributed by atoms with Crippen LogP contribution >= 0.6 is 0 Å². The van der Waals surface area contributed by atoms with Gasteiger partial charge < -0.3 is 9.68 Å². The van der Waals surface area contributed by atoms with Crippen molar-refractivity contribution in [2.24, 2.45) is 0 Å². The van der Waals surface area contributed by atoms with E-state index in [2.05, 4.69) is 4.10 Å². The second-order valence-corrected chi connectivity index (χ2v) is 4.57. The van der Waals surface area contributed by atoms with E-state index < -0.39 is 17.4 Å². The maximum absolute atomic E-state index is 10.9. The molecule has 1 aromatic rings. The van der Waals surface area contributed by atoms with Crippen LogP contribution in [0.15, 0.2) is 30.3 Å². The van der Waals surface area contributed by atoms with E-state index in [0.717, 1.165) is 0 Å². The van der Waals surface area contributed by atoms with Gasteiger partial charge in [0.25, 0.3) is 10.1 Å². The molecule has 0 saturated heterocycles. The Kier molecular flexibility index (Phi) is 4.13. The van der Waals surface area contributed by atoms with Crippen molar-refractivity contribution in [1.82, 2.24) is 0 Å². The molecule has 0 spiro atoms. The Bertz CT molecular complexity index is 391. The molecule has 0 aromatic heterocycles. The Morgan fingerprint density at radius 3 is 2.47 bits per heavy atom. The minimum atomic E-state index is -3.71. The van der Waals surface area contributed by atoms with Crippen molar-refractivity contribution in [1.29, 1.82) is 0 Å². The van der Waals surface area contributed by atoms with Gasteiger partial charge >= 0.3 is 7.32 Å². The SMILES string of the molecule is CCS(=O)(=O)OB(O)Oc1ccccc1. The third-order valence-corrected chi connectivity index (χ3v) is 2.73. The van der Waals surface area contributed by atoms with E-state index in [1.54, 1.807) is 30.3 Å². The summed E-state index contributed by atoms with van der Waals surface area (Å²) in [5, 5.41) is 9.15. The summed E-state index contributed by atoms with van der Waals surface area (Å²) in [6.45, 7) is 1.41. The van der Waals surface area contributed by atoms with E-state index in [0.29, 0.717) is 5.75 Å². The first-order valence-corrected chi connectivity index (χ1v) is 5.92. The molecule has 0 bridgehead atoms. The molecule has 1 aromatic carbocycles. The molecule has 15 heavy (non-hydrogen) atoms. The summed E-state index contributed by atoms with van der Waals surface area (Å²) in [4.78, 5) is 0. The third kappa shape index (κ3) is 4.33. The second kappa shape index (κ2) is 5.15. The molecule has 0 unspecified atom stereocenters. The number of hydrogen-bond donors (Lipinski definition) is 1. The van der Waals surface area contributed by atoms with Crippen molar-refractivity contribution in [3.63, 3.8) is 0 Å². The molecule has 0 aliphatic heterocycles. The quantitative estimate of drug-likeness (QED) is 0.741. The van der Waals surface area contributed by atoms with E-state index in [-0.39, 0.29) is 5.75 Å². The lowest BCUT2D eigenvalue weighted by molar-refractivity contribution is 0.300. The van der Waals surface area contributed by atoms with E-state index in [9.17, 15) is 8.42 Å². The zero-order valence-electron chi connectivity index (χ0n) is 8.16. The number of para-hydroxylation sites is 1. The summed E-state index contributed by atoms with van der Waals surface area (Å²) in [7, 11) is -5.52. The van der Waals surface area contributed by atoms with Crippen LogP contribution in [0.2, 0.25) is 0 Å². The van der Waals surface area contributed by atoms with Gasteiger partial charge in [0, 0.05) is 0 Å². The molecule has 0 aliphatic carbocycles. The molecule has 0 saturated carbocycles. The minimum Gasteiger partial charge on any atom is -0.511 e. The highest BCUT2D eigenvalue weighted by atomic mass is 32.2. The highest BCUT2D eigenvalue weighted by Gasteiger charge is 2.25. The first kappa shape index (κ1) is 12.0. The minimum absolute atomic E-state index is 0.220. The average molecular weight is 230 g/mol. The predicted molar refractivity (Wildman–Crippen MR) is 55.6 cm³/mol. The number of rotatable bonds is 5. The fourth-order valence-corrected chi connectivity index (χ4v) is 1.25. The molecule has 1 rings (SSSR count). The van der Waals surface area contributed by atoms with Crippen LogP contribution in [0.1, 0.15) is 6.92 Å². The van der Waals surface area contributed by atoms with Gasteiger partial charge in [-0.05, 0) is 19.1 Å². The Balaban J connectivity index is 2.54. The average Bonchev–Trinajstić information content (AvgIpc) is 2.18. The molecule has 0 atom stereocenters. The van der Waals surface area contributed by atoms with Crippen molar-refractivity contribution in [2.75, 3.05) is 5.75 Å². The molecule has 7 heteroatoms. The predicted octanol–water partition coefficient (Wildman–Crippen LogP) is 0.409. The zero-order valence-corrected chi connectivity index (χ0v) is 8.98. The van der Waals surface area contributed by atoms with E-state index in [1.165, 1.54) is 6.92 Å². The normalized spacial score (nSPS) is 11.1. The van der Waals surface area contributed by atoms with Crippen LogP contribution in [0.25, 0.3) is 0 Å². The second-order valence-electron chi connectivity index (χ2n) is 2.68. The van der Waals surface area contributed by atoms with Crippen LogP contribution in [-0.2, 0) is 14.2 Å². The molecule has 5 nitrogen and oxygen atoms in total. The fraction of sp³-hybridized carbons (Fsp3) is 0.250. The van der Waals surface area contributed by atoms with E-state index >= 15 is 0 Å². The fourth-order valence-electron chi connectivity index (χ4n) is 0.829. The first-order chi connectivity index (χ1) is 7.03. The van der Waals surface area contributed by atoms with E-state index in [1.807, 2.05) is 0 Å². The van der Waals surface area contributed by atoms with Gasteiger partial charge in [-0.2, -0.15) is 0 Å². The molecule has 0 fully saturated rings. The van der Waals surface area contributed by atoms with Gasteiger partial charge in [0.2, 0.25) is 0 Å². The molecule has 0 amide bonds. The molecule has 0 radical (unpaired) electrons. The van der Waals surface area contributed by atoms with Crippen molar-refractivity contribution in [3.05, 3.63) is 30.3 Å². The van der Waals surface area contributed by atoms with Gasteiger partial charge in [0.05, 0.1) is 5.75 Å². The summed E-state index contributed by atoms with van der Waals surface area (Å²) < 4.78 is 31.0. The Morgan fingerprint density at radius 1 is 1.33 bits per heavy atom.